The highest BCUT2D eigenvalue weighted by molar-refractivity contribution is 5.65. The molecule has 1 heterocycles. The van der Waals surface area contributed by atoms with Crippen molar-refractivity contribution in [1.29, 1.82) is 0 Å². The Bertz CT molecular complexity index is 877. The van der Waals surface area contributed by atoms with Crippen molar-refractivity contribution < 1.29 is 13.9 Å². The monoisotopic (exact) mass is 480 g/mol. The fraction of sp³-hybridized carbons (Fsp3) is 0.625. The molecule has 0 amide bonds. The van der Waals surface area contributed by atoms with E-state index >= 15 is 4.39 Å². The van der Waals surface area contributed by atoms with E-state index in [4.69, 9.17) is 9.47 Å². The van der Waals surface area contributed by atoms with Gasteiger partial charge in [0, 0.05) is 17.9 Å². The fourth-order valence-electron chi connectivity index (χ4n) is 5.95. The molecule has 192 valence electrons. The summed E-state index contributed by atoms with van der Waals surface area (Å²) in [6, 6.07) is 14.3. The third kappa shape index (κ3) is 7.64. The van der Waals surface area contributed by atoms with Crippen LogP contribution in [0.5, 0.6) is 0 Å². The Morgan fingerprint density at radius 2 is 1.51 bits per heavy atom. The van der Waals surface area contributed by atoms with Crippen LogP contribution < -0.4 is 0 Å². The Kier molecular flexibility index (Phi) is 10.2. The molecule has 0 N–H and O–H groups in total. The summed E-state index contributed by atoms with van der Waals surface area (Å²) in [5.74, 6) is 1.85. The van der Waals surface area contributed by atoms with Gasteiger partial charge in [0.25, 0.3) is 0 Å². The first-order valence-electron chi connectivity index (χ1n) is 14.3. The van der Waals surface area contributed by atoms with Gasteiger partial charge < -0.3 is 9.47 Å². The minimum atomic E-state index is -0.0980. The van der Waals surface area contributed by atoms with Crippen molar-refractivity contribution in [3.8, 4) is 11.1 Å². The van der Waals surface area contributed by atoms with Crippen LogP contribution in [0.25, 0.3) is 11.1 Å². The molecule has 0 bridgehead atoms. The number of hydrogen-bond acceptors (Lipinski definition) is 2. The van der Waals surface area contributed by atoms with Crippen LogP contribution in [-0.2, 0) is 15.9 Å². The number of rotatable bonds is 11. The largest absolute Gasteiger partial charge is 0.352 e. The first-order chi connectivity index (χ1) is 17.2. The zero-order chi connectivity index (χ0) is 24.5. The normalized spacial score (nSPS) is 25.0. The average molecular weight is 481 g/mol. The Hall–Kier alpha value is -1.71. The van der Waals surface area contributed by atoms with Crippen LogP contribution in [0.2, 0.25) is 0 Å². The van der Waals surface area contributed by atoms with Gasteiger partial charge in [0.05, 0.1) is 13.2 Å². The number of unbranched alkanes of at least 4 members (excludes halogenated alkanes) is 2. The Balaban J connectivity index is 1.25. The lowest BCUT2D eigenvalue weighted by atomic mass is 9.77. The predicted octanol–water partition coefficient (Wildman–Crippen LogP) is 9.07. The highest BCUT2D eigenvalue weighted by Gasteiger charge is 2.23. The van der Waals surface area contributed by atoms with Crippen LogP contribution >= 0.6 is 0 Å². The van der Waals surface area contributed by atoms with Crippen LogP contribution in [0, 0.1) is 17.7 Å². The van der Waals surface area contributed by atoms with Crippen LogP contribution in [0.1, 0.15) is 102 Å². The molecule has 2 fully saturated rings. The number of hydrogen-bond donors (Lipinski definition) is 0. The minimum Gasteiger partial charge on any atom is -0.352 e. The summed E-state index contributed by atoms with van der Waals surface area (Å²) in [6.07, 6.45) is 14.3. The first-order valence-corrected chi connectivity index (χ1v) is 14.3. The van der Waals surface area contributed by atoms with Gasteiger partial charge in [-0.1, -0.05) is 82.3 Å². The third-order valence-electron chi connectivity index (χ3n) is 8.19. The number of halogens is 1. The van der Waals surface area contributed by atoms with Gasteiger partial charge in [0.15, 0.2) is 6.29 Å². The quantitative estimate of drug-likeness (QED) is 0.299. The van der Waals surface area contributed by atoms with Gasteiger partial charge >= 0.3 is 0 Å². The second kappa shape index (κ2) is 13.6. The Morgan fingerprint density at radius 1 is 0.771 bits per heavy atom. The SMILES string of the molecule is CCCCCC1COC(CCc2ccc(-c3ccc([C@H]4CC[C@H](CCC)CC4)cc3F)cc2)OC1. The van der Waals surface area contributed by atoms with Gasteiger partial charge in [-0.25, -0.2) is 4.39 Å². The predicted molar refractivity (Wildman–Crippen MR) is 143 cm³/mol. The summed E-state index contributed by atoms with van der Waals surface area (Å²) in [5.41, 5.74) is 4.07. The molecule has 1 aliphatic carbocycles. The van der Waals surface area contributed by atoms with Crippen molar-refractivity contribution >= 4 is 0 Å². The lowest BCUT2D eigenvalue weighted by molar-refractivity contribution is -0.203. The van der Waals surface area contributed by atoms with Crippen molar-refractivity contribution in [2.24, 2.45) is 11.8 Å². The molecule has 35 heavy (non-hydrogen) atoms. The summed E-state index contributed by atoms with van der Waals surface area (Å²) in [7, 11) is 0. The van der Waals surface area contributed by atoms with Gasteiger partial charge in [-0.3, -0.25) is 0 Å². The van der Waals surface area contributed by atoms with Crippen molar-refractivity contribution in [1.82, 2.24) is 0 Å². The molecule has 4 rings (SSSR count). The standard InChI is InChI=1S/C32H45FO2/c1-3-5-6-8-26-22-34-32(35-23-26)20-13-25-11-16-28(17-12-25)30-19-18-29(21-31(30)33)27-14-9-24(7-4-2)10-15-27/h11-12,16-19,21,24,26-27,32H,3-10,13-15,20,22-23H2,1-2H3/t24-,26?,27-,32?. The minimum absolute atomic E-state index is 0.0940. The van der Waals surface area contributed by atoms with Gasteiger partial charge in [0.2, 0.25) is 0 Å². The first kappa shape index (κ1) is 26.4. The van der Waals surface area contributed by atoms with E-state index in [1.165, 1.54) is 75.3 Å². The molecule has 0 atom stereocenters. The molecule has 2 aliphatic rings. The van der Waals surface area contributed by atoms with Gasteiger partial charge in [-0.15, -0.1) is 0 Å². The zero-order valence-corrected chi connectivity index (χ0v) is 21.9. The molecule has 0 aromatic heterocycles. The van der Waals surface area contributed by atoms with E-state index in [2.05, 4.69) is 44.2 Å². The molecule has 0 unspecified atom stereocenters. The maximum Gasteiger partial charge on any atom is 0.157 e. The van der Waals surface area contributed by atoms with Gasteiger partial charge in [0.1, 0.15) is 5.82 Å². The summed E-state index contributed by atoms with van der Waals surface area (Å²) in [4.78, 5) is 0. The maximum atomic E-state index is 15.1. The molecular formula is C32H45FO2. The molecule has 2 aromatic rings. The zero-order valence-electron chi connectivity index (χ0n) is 21.9. The molecular weight excluding hydrogens is 435 g/mol. The molecule has 0 radical (unpaired) electrons. The molecule has 2 aromatic carbocycles. The maximum absolute atomic E-state index is 15.1. The number of aryl methyl sites for hydroxylation is 1. The second-order valence-electron chi connectivity index (χ2n) is 10.9. The highest BCUT2D eigenvalue weighted by atomic mass is 19.1. The van der Waals surface area contributed by atoms with Crippen LogP contribution in [0.15, 0.2) is 42.5 Å². The van der Waals surface area contributed by atoms with Crippen LogP contribution in [0.3, 0.4) is 0 Å². The van der Waals surface area contributed by atoms with Crippen molar-refractivity contribution in [3.05, 3.63) is 59.4 Å². The Labute approximate surface area is 212 Å². The van der Waals surface area contributed by atoms with E-state index in [1.807, 2.05) is 6.07 Å². The fourth-order valence-corrected chi connectivity index (χ4v) is 5.95. The third-order valence-corrected chi connectivity index (χ3v) is 8.19. The number of benzene rings is 2. The summed E-state index contributed by atoms with van der Waals surface area (Å²) < 4.78 is 27.0. The molecule has 2 nitrogen and oxygen atoms in total. The summed E-state index contributed by atoms with van der Waals surface area (Å²) in [5, 5.41) is 0. The topological polar surface area (TPSA) is 18.5 Å². The van der Waals surface area contributed by atoms with E-state index in [9.17, 15) is 0 Å². The lowest BCUT2D eigenvalue weighted by Crippen LogP contribution is -2.32. The summed E-state index contributed by atoms with van der Waals surface area (Å²) >= 11 is 0. The van der Waals surface area contributed by atoms with E-state index in [1.54, 1.807) is 6.07 Å². The number of ether oxygens (including phenoxy) is 2. The molecule has 0 spiro atoms. The van der Waals surface area contributed by atoms with Crippen molar-refractivity contribution in [3.63, 3.8) is 0 Å². The second-order valence-corrected chi connectivity index (χ2v) is 10.9. The molecule has 1 saturated heterocycles. The van der Waals surface area contributed by atoms with E-state index in [0.29, 0.717) is 17.4 Å². The van der Waals surface area contributed by atoms with Crippen LogP contribution in [-0.4, -0.2) is 19.5 Å². The highest BCUT2D eigenvalue weighted by Crippen LogP contribution is 2.38. The van der Waals surface area contributed by atoms with E-state index in [-0.39, 0.29) is 12.1 Å². The molecule has 1 aliphatic heterocycles. The molecule has 1 saturated carbocycles. The summed E-state index contributed by atoms with van der Waals surface area (Å²) in [6.45, 7) is 6.16. The lowest BCUT2D eigenvalue weighted by Gasteiger charge is -2.29. The van der Waals surface area contributed by atoms with Crippen molar-refractivity contribution in [2.75, 3.05) is 13.2 Å². The van der Waals surface area contributed by atoms with E-state index < -0.39 is 0 Å². The molecule has 3 heteroatoms. The van der Waals surface area contributed by atoms with Gasteiger partial charge in [-0.2, -0.15) is 0 Å². The van der Waals surface area contributed by atoms with Gasteiger partial charge in [-0.05, 0) is 73.1 Å². The Morgan fingerprint density at radius 3 is 2.17 bits per heavy atom. The smallest absolute Gasteiger partial charge is 0.157 e. The van der Waals surface area contributed by atoms with Crippen LogP contribution in [0.4, 0.5) is 4.39 Å². The van der Waals surface area contributed by atoms with E-state index in [0.717, 1.165) is 37.5 Å². The average Bonchev–Trinajstić information content (AvgIpc) is 2.89. The van der Waals surface area contributed by atoms with Crippen molar-refractivity contribution in [2.45, 2.75) is 103 Å².